The second-order valence-corrected chi connectivity index (χ2v) is 10.5. The molecule has 4 aromatic rings. The summed E-state index contributed by atoms with van der Waals surface area (Å²) in [5.74, 6) is 2.77. The number of hydrogen-bond donors (Lipinski definition) is 2. The van der Waals surface area contributed by atoms with Gasteiger partial charge in [-0.25, -0.2) is 0 Å². The Morgan fingerprint density at radius 2 is 1.47 bits per heavy atom. The van der Waals surface area contributed by atoms with Crippen molar-refractivity contribution in [3.8, 4) is 28.7 Å². The molecular formula is C36H38N2O7. The van der Waals surface area contributed by atoms with Crippen molar-refractivity contribution in [2.24, 2.45) is 0 Å². The number of rotatable bonds is 15. The number of benzene rings is 4. The van der Waals surface area contributed by atoms with Crippen LogP contribution >= 0.6 is 0 Å². The van der Waals surface area contributed by atoms with Crippen LogP contribution in [-0.2, 0) is 11.3 Å². The number of aliphatic hydroxyl groups is 1. The maximum Gasteiger partial charge on any atom is 0.256 e. The van der Waals surface area contributed by atoms with Crippen LogP contribution < -0.4 is 29.0 Å². The lowest BCUT2D eigenvalue weighted by Crippen LogP contribution is -2.37. The van der Waals surface area contributed by atoms with E-state index in [9.17, 15) is 9.90 Å². The Bertz CT molecular complexity index is 1620. The van der Waals surface area contributed by atoms with Gasteiger partial charge in [0.25, 0.3) is 5.91 Å². The van der Waals surface area contributed by atoms with Crippen LogP contribution in [0, 0.1) is 0 Å². The van der Waals surface area contributed by atoms with Gasteiger partial charge < -0.3 is 34.1 Å². The number of carbonyl (C=O) groups excluding carboxylic acids is 1. The number of anilines is 1. The molecule has 234 valence electrons. The molecule has 0 fully saturated rings. The highest BCUT2D eigenvalue weighted by molar-refractivity contribution is 6.35. The first-order chi connectivity index (χ1) is 22.0. The zero-order chi connectivity index (χ0) is 31.6. The molecule has 0 aromatic heterocycles. The van der Waals surface area contributed by atoms with Crippen LogP contribution in [0.4, 0.5) is 5.69 Å². The van der Waals surface area contributed by atoms with Gasteiger partial charge in [0.15, 0.2) is 23.0 Å². The fourth-order valence-electron chi connectivity index (χ4n) is 5.22. The van der Waals surface area contributed by atoms with E-state index >= 15 is 0 Å². The number of fused-ring (bicyclic) bond motifs is 1. The number of carbonyl (C=O) groups is 1. The smallest absolute Gasteiger partial charge is 0.256 e. The summed E-state index contributed by atoms with van der Waals surface area (Å²) in [4.78, 5) is 15.1. The number of nitrogens with one attached hydrogen (secondary N) is 1. The van der Waals surface area contributed by atoms with Gasteiger partial charge in [-0.3, -0.25) is 9.69 Å². The van der Waals surface area contributed by atoms with E-state index in [-0.39, 0.29) is 12.5 Å². The van der Waals surface area contributed by atoms with Crippen molar-refractivity contribution in [3.05, 3.63) is 108 Å². The van der Waals surface area contributed by atoms with Crippen molar-refractivity contribution < 1.29 is 33.6 Å². The highest BCUT2D eigenvalue weighted by Crippen LogP contribution is 2.40. The second kappa shape index (κ2) is 15.1. The van der Waals surface area contributed by atoms with E-state index < -0.39 is 6.10 Å². The lowest BCUT2D eigenvalue weighted by molar-refractivity contribution is -0.110. The number of hydrogen-bond acceptors (Lipinski definition) is 8. The SMILES string of the molecule is COc1ccc(C=C2C(=O)Nc3cccc(OCC(O)CN(CCOc4ccccc4OC)Cc4ccccc4)c32)cc1OC. The predicted molar refractivity (Wildman–Crippen MR) is 174 cm³/mol. The first kappa shape index (κ1) is 31.4. The monoisotopic (exact) mass is 610 g/mol. The fourth-order valence-corrected chi connectivity index (χ4v) is 5.22. The molecular weight excluding hydrogens is 572 g/mol. The summed E-state index contributed by atoms with van der Waals surface area (Å²) in [6, 6.07) is 28.5. The van der Waals surface area contributed by atoms with Gasteiger partial charge in [-0.2, -0.15) is 0 Å². The molecule has 9 heteroatoms. The first-order valence-corrected chi connectivity index (χ1v) is 14.7. The minimum Gasteiger partial charge on any atom is -0.493 e. The predicted octanol–water partition coefficient (Wildman–Crippen LogP) is 5.53. The highest BCUT2D eigenvalue weighted by atomic mass is 16.5. The maximum absolute atomic E-state index is 13.0. The van der Waals surface area contributed by atoms with Gasteiger partial charge in [0.2, 0.25) is 0 Å². The molecule has 1 unspecified atom stereocenters. The molecule has 1 heterocycles. The molecule has 0 spiro atoms. The summed E-state index contributed by atoms with van der Waals surface area (Å²) in [7, 11) is 4.76. The van der Waals surface area contributed by atoms with Crippen LogP contribution in [0.2, 0.25) is 0 Å². The second-order valence-electron chi connectivity index (χ2n) is 10.5. The van der Waals surface area contributed by atoms with Gasteiger partial charge in [0, 0.05) is 19.6 Å². The summed E-state index contributed by atoms with van der Waals surface area (Å²) >= 11 is 0. The van der Waals surface area contributed by atoms with Crippen LogP contribution in [0.3, 0.4) is 0 Å². The Labute approximate surface area is 263 Å². The number of ether oxygens (including phenoxy) is 5. The molecule has 1 aliphatic rings. The molecule has 2 N–H and O–H groups in total. The minimum absolute atomic E-state index is 0.0347. The van der Waals surface area contributed by atoms with E-state index in [1.807, 2.05) is 66.7 Å². The molecule has 1 atom stereocenters. The zero-order valence-electron chi connectivity index (χ0n) is 25.7. The summed E-state index contributed by atoms with van der Waals surface area (Å²) in [5, 5.41) is 14.0. The van der Waals surface area contributed by atoms with Crippen LogP contribution in [0.1, 0.15) is 16.7 Å². The molecule has 0 bridgehead atoms. The Morgan fingerprint density at radius 1 is 0.778 bits per heavy atom. The van der Waals surface area contributed by atoms with Gasteiger partial charge in [-0.05, 0) is 53.6 Å². The van der Waals surface area contributed by atoms with E-state index in [1.54, 1.807) is 39.5 Å². The van der Waals surface area contributed by atoms with E-state index in [1.165, 1.54) is 0 Å². The lowest BCUT2D eigenvalue weighted by Gasteiger charge is -2.25. The maximum atomic E-state index is 13.0. The Balaban J connectivity index is 1.28. The summed E-state index contributed by atoms with van der Waals surface area (Å²) in [5.41, 5.74) is 3.65. The lowest BCUT2D eigenvalue weighted by atomic mass is 10.0. The third-order valence-corrected chi connectivity index (χ3v) is 7.39. The van der Waals surface area contributed by atoms with E-state index in [0.29, 0.717) is 71.8 Å². The summed E-state index contributed by atoms with van der Waals surface area (Å²) in [6.07, 6.45) is 0.981. The van der Waals surface area contributed by atoms with Gasteiger partial charge in [-0.15, -0.1) is 0 Å². The fraction of sp³-hybridized carbons (Fsp3) is 0.250. The quantitative estimate of drug-likeness (QED) is 0.170. The van der Waals surface area contributed by atoms with Gasteiger partial charge in [0.05, 0.1) is 38.2 Å². The largest absolute Gasteiger partial charge is 0.493 e. The van der Waals surface area contributed by atoms with Crippen LogP contribution in [0.5, 0.6) is 28.7 Å². The summed E-state index contributed by atoms with van der Waals surface area (Å²) in [6.45, 7) is 1.99. The molecule has 1 aliphatic heterocycles. The van der Waals surface area contributed by atoms with Gasteiger partial charge in [-0.1, -0.05) is 54.6 Å². The van der Waals surface area contributed by atoms with Gasteiger partial charge >= 0.3 is 0 Å². The molecule has 9 nitrogen and oxygen atoms in total. The molecule has 5 rings (SSSR count). The van der Waals surface area contributed by atoms with E-state index in [2.05, 4.69) is 22.3 Å². The number of methoxy groups -OCH3 is 3. The zero-order valence-corrected chi connectivity index (χ0v) is 25.7. The normalized spacial score (nSPS) is 13.7. The van der Waals surface area contributed by atoms with E-state index in [0.717, 1.165) is 11.1 Å². The number of aliphatic hydroxyl groups excluding tert-OH is 1. The minimum atomic E-state index is -0.806. The van der Waals surface area contributed by atoms with E-state index in [4.69, 9.17) is 23.7 Å². The summed E-state index contributed by atoms with van der Waals surface area (Å²) < 4.78 is 28.3. The Morgan fingerprint density at radius 3 is 2.22 bits per heavy atom. The van der Waals surface area contributed by atoms with Crippen molar-refractivity contribution >= 4 is 23.2 Å². The molecule has 1 amide bonds. The number of amides is 1. The van der Waals surface area contributed by atoms with Crippen LogP contribution in [0.15, 0.2) is 91.0 Å². The van der Waals surface area contributed by atoms with Crippen molar-refractivity contribution in [2.75, 3.05) is 52.9 Å². The molecule has 45 heavy (non-hydrogen) atoms. The third kappa shape index (κ3) is 7.94. The van der Waals surface area contributed by atoms with Crippen molar-refractivity contribution in [3.63, 3.8) is 0 Å². The van der Waals surface area contributed by atoms with Crippen molar-refractivity contribution in [2.45, 2.75) is 12.6 Å². The third-order valence-electron chi connectivity index (χ3n) is 7.39. The first-order valence-electron chi connectivity index (χ1n) is 14.7. The number of nitrogens with zero attached hydrogens (tertiary/aromatic N) is 1. The molecule has 0 saturated heterocycles. The highest BCUT2D eigenvalue weighted by Gasteiger charge is 2.28. The van der Waals surface area contributed by atoms with Crippen molar-refractivity contribution in [1.29, 1.82) is 0 Å². The molecule has 0 saturated carbocycles. The standard InChI is InChI=1S/C36H38N2O7/c1-41-30-13-7-8-14-32(30)44-19-18-38(22-25-10-5-4-6-11-25)23-27(39)24-45-33-15-9-12-29-35(33)28(36(40)37-29)20-26-16-17-31(42-2)34(21-26)43-3/h4-17,20-21,27,39H,18-19,22-24H2,1-3H3,(H,37,40). The number of para-hydroxylation sites is 2. The van der Waals surface area contributed by atoms with Gasteiger partial charge in [0.1, 0.15) is 25.1 Å². The molecule has 0 radical (unpaired) electrons. The average molecular weight is 611 g/mol. The Kier molecular flexibility index (Phi) is 10.6. The van der Waals surface area contributed by atoms with Crippen LogP contribution in [-0.4, -0.2) is 69.7 Å². The topological polar surface area (TPSA) is 98.7 Å². The van der Waals surface area contributed by atoms with Crippen molar-refractivity contribution in [1.82, 2.24) is 4.90 Å². The molecule has 4 aromatic carbocycles. The Hall–Kier alpha value is -4.99. The average Bonchev–Trinajstić information content (AvgIpc) is 3.39. The van der Waals surface area contributed by atoms with Crippen LogP contribution in [0.25, 0.3) is 11.6 Å². The molecule has 0 aliphatic carbocycles.